The quantitative estimate of drug-likeness (QED) is 0.310. The van der Waals surface area contributed by atoms with E-state index in [2.05, 4.69) is 83.8 Å². The van der Waals surface area contributed by atoms with E-state index in [1.54, 1.807) is 0 Å². The van der Waals surface area contributed by atoms with Crippen molar-refractivity contribution in [3.8, 4) is 22.6 Å². The molecule has 7 aromatic rings. The van der Waals surface area contributed by atoms with Gasteiger partial charge < -0.3 is 4.98 Å². The highest BCUT2D eigenvalue weighted by Gasteiger charge is 2.13. The Kier molecular flexibility index (Phi) is 3.84. The molecule has 5 aromatic carbocycles. The molecule has 0 aliphatic heterocycles. The molecule has 2 heterocycles. The number of benzene rings is 5. The summed E-state index contributed by atoms with van der Waals surface area (Å²) in [5.41, 5.74) is 6.24. The maximum Gasteiger partial charge on any atom is 0.160 e. The van der Waals surface area contributed by atoms with Crippen molar-refractivity contribution in [1.82, 2.24) is 15.0 Å². The van der Waals surface area contributed by atoms with Crippen LogP contribution in [0.5, 0.6) is 0 Å². The van der Waals surface area contributed by atoms with E-state index < -0.39 is 0 Å². The maximum absolute atomic E-state index is 5.02. The Balaban J connectivity index is 1.45. The largest absolute Gasteiger partial charge is 0.354 e. The van der Waals surface area contributed by atoms with Crippen LogP contribution in [0.15, 0.2) is 109 Å². The zero-order chi connectivity index (χ0) is 21.8. The Hall–Kier alpha value is -4.50. The molecule has 0 spiro atoms. The molecule has 0 amide bonds. The highest BCUT2D eigenvalue weighted by molar-refractivity contribution is 6.12. The second-order valence-corrected chi connectivity index (χ2v) is 8.41. The van der Waals surface area contributed by atoms with Crippen molar-refractivity contribution in [2.24, 2.45) is 0 Å². The zero-order valence-electron chi connectivity index (χ0n) is 17.8. The van der Waals surface area contributed by atoms with Crippen LogP contribution in [-0.4, -0.2) is 15.0 Å². The molecule has 0 aliphatic carbocycles. The van der Waals surface area contributed by atoms with Gasteiger partial charge in [-0.25, -0.2) is 9.97 Å². The SMILES string of the molecule is c1ccc(-c2nc(-c3ccc4c(c3)[nH]c3cc5ccccc5cc34)nc3ccccc23)cc1. The molecule has 0 bridgehead atoms. The number of hydrogen-bond acceptors (Lipinski definition) is 2. The molecule has 0 radical (unpaired) electrons. The fourth-order valence-electron chi connectivity index (χ4n) is 4.76. The minimum atomic E-state index is 0.735. The molecule has 0 unspecified atom stereocenters. The van der Waals surface area contributed by atoms with Crippen LogP contribution in [0.2, 0.25) is 0 Å². The minimum Gasteiger partial charge on any atom is -0.354 e. The van der Waals surface area contributed by atoms with Crippen molar-refractivity contribution in [3.63, 3.8) is 0 Å². The van der Waals surface area contributed by atoms with Crippen LogP contribution in [0.3, 0.4) is 0 Å². The standard InChI is InChI=1S/C30H19N3/c1-2-8-19(9-3-1)29-24-12-6-7-13-26(24)32-30(33-29)22-14-15-23-25-16-20-10-4-5-11-21(20)17-28(25)31-27(23)18-22/h1-18,31H. The second-order valence-electron chi connectivity index (χ2n) is 8.41. The molecular weight excluding hydrogens is 402 g/mol. The fourth-order valence-corrected chi connectivity index (χ4v) is 4.76. The Morgan fingerprint density at radius 1 is 0.485 bits per heavy atom. The van der Waals surface area contributed by atoms with E-state index in [1.165, 1.54) is 21.5 Å². The van der Waals surface area contributed by atoms with E-state index >= 15 is 0 Å². The van der Waals surface area contributed by atoms with Gasteiger partial charge in [0.2, 0.25) is 0 Å². The fraction of sp³-hybridized carbons (Fsp3) is 0. The van der Waals surface area contributed by atoms with Gasteiger partial charge in [0.05, 0.1) is 11.2 Å². The lowest BCUT2D eigenvalue weighted by atomic mass is 10.0. The first-order valence-electron chi connectivity index (χ1n) is 11.1. The van der Waals surface area contributed by atoms with E-state index in [-0.39, 0.29) is 0 Å². The molecule has 0 saturated carbocycles. The summed E-state index contributed by atoms with van der Waals surface area (Å²) in [4.78, 5) is 13.5. The van der Waals surface area contributed by atoms with Crippen molar-refractivity contribution in [2.75, 3.05) is 0 Å². The topological polar surface area (TPSA) is 41.6 Å². The van der Waals surface area contributed by atoms with Crippen LogP contribution >= 0.6 is 0 Å². The summed E-state index contributed by atoms with van der Waals surface area (Å²) >= 11 is 0. The summed E-state index contributed by atoms with van der Waals surface area (Å²) < 4.78 is 0. The van der Waals surface area contributed by atoms with Gasteiger partial charge >= 0.3 is 0 Å². The molecule has 3 heteroatoms. The Morgan fingerprint density at radius 2 is 1.21 bits per heavy atom. The average molecular weight is 422 g/mol. The molecule has 154 valence electrons. The number of hydrogen-bond donors (Lipinski definition) is 1. The summed E-state index contributed by atoms with van der Waals surface area (Å²) in [6.45, 7) is 0. The lowest BCUT2D eigenvalue weighted by molar-refractivity contribution is 1.23. The predicted molar refractivity (Wildman–Crippen MR) is 137 cm³/mol. The van der Waals surface area contributed by atoms with Crippen molar-refractivity contribution in [1.29, 1.82) is 0 Å². The first-order valence-corrected chi connectivity index (χ1v) is 11.1. The average Bonchev–Trinajstić information content (AvgIpc) is 3.23. The first kappa shape index (κ1) is 18.1. The van der Waals surface area contributed by atoms with Gasteiger partial charge in [-0.15, -0.1) is 0 Å². The smallest absolute Gasteiger partial charge is 0.160 e. The Morgan fingerprint density at radius 3 is 2.09 bits per heavy atom. The van der Waals surface area contributed by atoms with E-state index in [0.717, 1.165) is 44.6 Å². The highest BCUT2D eigenvalue weighted by atomic mass is 14.9. The third-order valence-electron chi connectivity index (χ3n) is 6.37. The minimum absolute atomic E-state index is 0.735. The zero-order valence-corrected chi connectivity index (χ0v) is 17.8. The summed E-state index contributed by atoms with van der Waals surface area (Å²) in [7, 11) is 0. The third kappa shape index (κ3) is 2.90. The molecule has 0 atom stereocenters. The molecule has 1 N–H and O–H groups in total. The van der Waals surface area contributed by atoms with Crippen molar-refractivity contribution in [3.05, 3.63) is 109 Å². The van der Waals surface area contributed by atoms with Crippen molar-refractivity contribution in [2.45, 2.75) is 0 Å². The number of aromatic amines is 1. The van der Waals surface area contributed by atoms with Gasteiger partial charge in [0.25, 0.3) is 0 Å². The third-order valence-corrected chi connectivity index (χ3v) is 6.37. The molecule has 2 aromatic heterocycles. The summed E-state index contributed by atoms with van der Waals surface area (Å²) in [5.74, 6) is 0.735. The van der Waals surface area contributed by atoms with Crippen molar-refractivity contribution < 1.29 is 0 Å². The van der Waals surface area contributed by atoms with Crippen LogP contribution in [-0.2, 0) is 0 Å². The number of fused-ring (bicyclic) bond motifs is 5. The summed E-state index contributed by atoms with van der Waals surface area (Å²) in [6, 6.07) is 38.0. The van der Waals surface area contributed by atoms with Gasteiger partial charge in [0.1, 0.15) is 0 Å². The second kappa shape index (κ2) is 7.01. The van der Waals surface area contributed by atoms with Gasteiger partial charge in [0.15, 0.2) is 5.82 Å². The van der Waals surface area contributed by atoms with Crippen LogP contribution in [0.25, 0.3) is 66.1 Å². The number of rotatable bonds is 2. The summed E-state index contributed by atoms with van der Waals surface area (Å²) in [5, 5.41) is 6.00. The first-order chi connectivity index (χ1) is 16.3. The highest BCUT2D eigenvalue weighted by Crippen LogP contribution is 2.33. The number of nitrogens with zero attached hydrogens (tertiary/aromatic N) is 2. The predicted octanol–water partition coefficient (Wildman–Crippen LogP) is 7.75. The lowest BCUT2D eigenvalue weighted by Crippen LogP contribution is -1.95. The number of para-hydroxylation sites is 1. The van der Waals surface area contributed by atoms with Crippen LogP contribution in [0.4, 0.5) is 0 Å². The summed E-state index contributed by atoms with van der Waals surface area (Å²) in [6.07, 6.45) is 0. The van der Waals surface area contributed by atoms with Crippen LogP contribution in [0, 0.1) is 0 Å². The van der Waals surface area contributed by atoms with E-state index in [1.807, 2.05) is 30.3 Å². The molecule has 0 aliphatic rings. The van der Waals surface area contributed by atoms with Crippen LogP contribution < -0.4 is 0 Å². The van der Waals surface area contributed by atoms with Gasteiger partial charge in [-0.3, -0.25) is 0 Å². The number of aromatic nitrogens is 3. The molecule has 0 saturated heterocycles. The molecule has 7 rings (SSSR count). The van der Waals surface area contributed by atoms with E-state index in [0.29, 0.717) is 0 Å². The van der Waals surface area contributed by atoms with Gasteiger partial charge in [-0.2, -0.15) is 0 Å². The van der Waals surface area contributed by atoms with E-state index in [9.17, 15) is 0 Å². The normalized spacial score (nSPS) is 11.6. The monoisotopic (exact) mass is 421 g/mol. The van der Waals surface area contributed by atoms with Crippen molar-refractivity contribution >= 4 is 43.5 Å². The Labute approximate surface area is 190 Å². The van der Waals surface area contributed by atoms with Crippen LogP contribution in [0.1, 0.15) is 0 Å². The van der Waals surface area contributed by atoms with Gasteiger partial charge in [-0.1, -0.05) is 84.9 Å². The van der Waals surface area contributed by atoms with Gasteiger partial charge in [0, 0.05) is 38.3 Å². The molecule has 3 nitrogen and oxygen atoms in total. The molecule has 0 fully saturated rings. The van der Waals surface area contributed by atoms with Gasteiger partial charge in [-0.05, 0) is 35.0 Å². The number of H-pyrrole nitrogens is 1. The maximum atomic E-state index is 5.02. The molecular formula is C30H19N3. The lowest BCUT2D eigenvalue weighted by Gasteiger charge is -2.09. The van der Waals surface area contributed by atoms with E-state index in [4.69, 9.17) is 9.97 Å². The number of nitrogens with one attached hydrogen (secondary N) is 1. The molecule has 33 heavy (non-hydrogen) atoms. The Bertz CT molecular complexity index is 1810.